The molecule has 0 N–H and O–H groups in total. The Hall–Kier alpha value is -0.643. The number of rotatable bonds is 4. The van der Waals surface area contributed by atoms with Gasteiger partial charge in [-0.05, 0) is 31.5 Å². The van der Waals surface area contributed by atoms with Crippen molar-refractivity contribution in [2.75, 3.05) is 13.2 Å². The lowest BCUT2D eigenvalue weighted by Gasteiger charge is -2.36. The molecule has 0 spiro atoms. The van der Waals surface area contributed by atoms with Gasteiger partial charge in [0.05, 0.1) is 13.2 Å². The Morgan fingerprint density at radius 1 is 1.35 bits per heavy atom. The molecule has 4 heteroatoms. The summed E-state index contributed by atoms with van der Waals surface area (Å²) < 4.78 is 17.4. The van der Waals surface area contributed by atoms with Crippen molar-refractivity contribution >= 4 is 8.32 Å². The first-order valence-electron chi connectivity index (χ1n) is 6.45. The maximum Gasteiger partial charge on any atom is 0.305 e. The predicted molar refractivity (Wildman–Crippen MR) is 72.1 cm³/mol. The maximum atomic E-state index is 6.20. The van der Waals surface area contributed by atoms with E-state index in [4.69, 9.17) is 13.9 Å². The summed E-state index contributed by atoms with van der Waals surface area (Å²) in [5, 5.41) is 0.175. The normalized spacial score (nSPS) is 19.9. The summed E-state index contributed by atoms with van der Waals surface area (Å²) in [6, 6.07) is 0. The molecule has 1 fully saturated rings. The van der Waals surface area contributed by atoms with Gasteiger partial charge in [-0.1, -0.05) is 20.8 Å². The highest BCUT2D eigenvalue weighted by molar-refractivity contribution is 6.74. The van der Waals surface area contributed by atoms with Crippen LogP contribution in [0.4, 0.5) is 0 Å². The monoisotopic (exact) mass is 258 g/mol. The van der Waals surface area contributed by atoms with Crippen molar-refractivity contribution in [3.8, 4) is 0 Å². The lowest BCUT2D eigenvalue weighted by molar-refractivity contribution is 0.0803. The Labute approximate surface area is 106 Å². The van der Waals surface area contributed by atoms with E-state index < -0.39 is 8.32 Å². The van der Waals surface area contributed by atoms with E-state index in [9.17, 15) is 0 Å². The van der Waals surface area contributed by atoms with E-state index in [2.05, 4.69) is 33.9 Å². The topological polar surface area (TPSA) is 27.7 Å². The molecule has 1 aliphatic rings. The molecular weight excluding hydrogens is 232 g/mol. The van der Waals surface area contributed by atoms with Crippen LogP contribution in [0.3, 0.4) is 0 Å². The molecule has 0 aliphatic carbocycles. The van der Waals surface area contributed by atoms with Crippen LogP contribution in [0.1, 0.15) is 40.5 Å². The highest BCUT2D eigenvalue weighted by Crippen LogP contribution is 2.39. The minimum atomic E-state index is -1.84. The Balaban J connectivity index is 2.84. The van der Waals surface area contributed by atoms with Crippen molar-refractivity contribution in [1.82, 2.24) is 0 Å². The quantitative estimate of drug-likeness (QED) is 0.563. The molecule has 0 amide bonds. The zero-order valence-corrected chi connectivity index (χ0v) is 13.1. The van der Waals surface area contributed by atoms with Crippen LogP contribution in [0.5, 0.6) is 0 Å². The van der Waals surface area contributed by atoms with Crippen molar-refractivity contribution in [3.63, 3.8) is 0 Å². The summed E-state index contributed by atoms with van der Waals surface area (Å²) in [4.78, 5) is 0. The second kappa shape index (κ2) is 5.34. The van der Waals surface area contributed by atoms with Gasteiger partial charge in [-0.3, -0.25) is 0 Å². The van der Waals surface area contributed by atoms with Crippen molar-refractivity contribution in [2.24, 2.45) is 0 Å². The summed E-state index contributed by atoms with van der Waals surface area (Å²) in [6.07, 6.45) is 2.00. The van der Waals surface area contributed by atoms with Crippen molar-refractivity contribution in [2.45, 2.75) is 58.7 Å². The molecule has 100 valence electrons. The predicted octanol–water partition coefficient (Wildman–Crippen LogP) is 4.02. The average Bonchev–Trinajstić information content (AvgIpc) is 2.67. The smallest absolute Gasteiger partial charge is 0.305 e. The Morgan fingerprint density at radius 2 is 2.00 bits per heavy atom. The fourth-order valence-corrected chi connectivity index (χ4v) is 2.29. The third-order valence-corrected chi connectivity index (χ3v) is 7.79. The standard InChI is InChI=1S/C13H26O3Si/c1-7-14-12(11-9-8-10-15-11)16-17(5,6)13(2,3)4/h7-10H2,1-6H3/b12-11-. The summed E-state index contributed by atoms with van der Waals surface area (Å²) in [5.74, 6) is 1.54. The number of ether oxygens (including phenoxy) is 2. The van der Waals surface area contributed by atoms with Crippen LogP contribution in [0.2, 0.25) is 18.1 Å². The minimum Gasteiger partial charge on any atom is -0.517 e. The van der Waals surface area contributed by atoms with E-state index in [-0.39, 0.29) is 5.04 Å². The van der Waals surface area contributed by atoms with Gasteiger partial charge in [-0.2, -0.15) is 0 Å². The molecule has 0 aromatic rings. The summed E-state index contributed by atoms with van der Waals surface area (Å²) in [6.45, 7) is 14.5. The van der Waals surface area contributed by atoms with Crippen molar-refractivity contribution in [3.05, 3.63) is 11.7 Å². The molecule has 0 aromatic carbocycles. The molecule has 0 bridgehead atoms. The van der Waals surface area contributed by atoms with Gasteiger partial charge in [0, 0.05) is 6.42 Å². The van der Waals surface area contributed by atoms with Crippen LogP contribution in [-0.2, 0) is 13.9 Å². The zero-order valence-electron chi connectivity index (χ0n) is 12.1. The van der Waals surface area contributed by atoms with Gasteiger partial charge in [0.25, 0.3) is 8.32 Å². The van der Waals surface area contributed by atoms with Crippen LogP contribution in [0.15, 0.2) is 11.7 Å². The van der Waals surface area contributed by atoms with Crippen molar-refractivity contribution in [1.29, 1.82) is 0 Å². The van der Waals surface area contributed by atoms with E-state index in [0.29, 0.717) is 12.6 Å². The molecule has 3 nitrogen and oxygen atoms in total. The van der Waals surface area contributed by atoms with E-state index in [1.807, 2.05) is 6.92 Å². The average molecular weight is 258 g/mol. The van der Waals surface area contributed by atoms with Gasteiger partial charge < -0.3 is 13.9 Å². The van der Waals surface area contributed by atoms with E-state index in [1.165, 1.54) is 0 Å². The minimum absolute atomic E-state index is 0.175. The molecular formula is C13H26O3Si. The van der Waals surface area contributed by atoms with Gasteiger partial charge >= 0.3 is 5.95 Å². The summed E-state index contributed by atoms with van der Waals surface area (Å²) in [5.41, 5.74) is 0. The van der Waals surface area contributed by atoms with Crippen LogP contribution in [0, 0.1) is 0 Å². The Bertz CT molecular complexity index is 282. The van der Waals surface area contributed by atoms with E-state index in [1.54, 1.807) is 0 Å². The van der Waals surface area contributed by atoms with Gasteiger partial charge in [-0.25, -0.2) is 0 Å². The highest BCUT2D eigenvalue weighted by atomic mass is 28.4. The Kier molecular flexibility index (Phi) is 4.53. The molecule has 1 rings (SSSR count). The Morgan fingerprint density at radius 3 is 2.41 bits per heavy atom. The zero-order chi connectivity index (χ0) is 13.1. The summed E-state index contributed by atoms with van der Waals surface area (Å²) >= 11 is 0. The molecule has 0 saturated carbocycles. The molecule has 0 atom stereocenters. The van der Waals surface area contributed by atoms with Crippen LogP contribution >= 0.6 is 0 Å². The summed E-state index contributed by atoms with van der Waals surface area (Å²) in [7, 11) is -1.84. The van der Waals surface area contributed by atoms with Gasteiger partial charge in [0.15, 0.2) is 5.76 Å². The first-order valence-corrected chi connectivity index (χ1v) is 9.36. The lowest BCUT2D eigenvalue weighted by Crippen LogP contribution is -2.41. The van der Waals surface area contributed by atoms with Crippen molar-refractivity contribution < 1.29 is 13.9 Å². The van der Waals surface area contributed by atoms with Gasteiger partial charge in [0.2, 0.25) is 0 Å². The third-order valence-electron chi connectivity index (χ3n) is 3.48. The SMILES string of the molecule is CCO/C(O[Si](C)(C)C(C)(C)C)=C1\CCCO1. The molecule has 0 aromatic heterocycles. The van der Waals surface area contributed by atoms with Crippen LogP contribution in [0.25, 0.3) is 0 Å². The number of allylic oxidation sites excluding steroid dienone is 1. The molecule has 0 unspecified atom stereocenters. The van der Waals surface area contributed by atoms with Crippen LogP contribution in [-0.4, -0.2) is 21.5 Å². The van der Waals surface area contributed by atoms with Gasteiger partial charge in [-0.15, -0.1) is 0 Å². The lowest BCUT2D eigenvalue weighted by atomic mass is 10.2. The fraction of sp³-hybridized carbons (Fsp3) is 0.846. The first-order chi connectivity index (χ1) is 7.78. The number of hydrogen-bond acceptors (Lipinski definition) is 3. The van der Waals surface area contributed by atoms with E-state index >= 15 is 0 Å². The highest BCUT2D eigenvalue weighted by Gasteiger charge is 2.40. The van der Waals surface area contributed by atoms with Crippen LogP contribution < -0.4 is 0 Å². The maximum absolute atomic E-state index is 6.20. The molecule has 0 radical (unpaired) electrons. The molecule has 1 heterocycles. The fourth-order valence-electron chi connectivity index (χ4n) is 1.34. The second-order valence-electron chi connectivity index (χ2n) is 5.96. The second-order valence-corrected chi connectivity index (χ2v) is 10.7. The van der Waals surface area contributed by atoms with Gasteiger partial charge in [0.1, 0.15) is 0 Å². The van der Waals surface area contributed by atoms with E-state index in [0.717, 1.165) is 25.2 Å². The molecule has 1 aliphatic heterocycles. The number of hydrogen-bond donors (Lipinski definition) is 0. The molecule has 1 saturated heterocycles. The molecule has 17 heavy (non-hydrogen) atoms. The largest absolute Gasteiger partial charge is 0.517 e. The first kappa shape index (κ1) is 14.4. The third kappa shape index (κ3) is 3.66.